The fourth-order valence-corrected chi connectivity index (χ4v) is 4.57. The van der Waals surface area contributed by atoms with Crippen LogP contribution in [0.4, 0.5) is 0 Å². The van der Waals surface area contributed by atoms with Gasteiger partial charge in [-0.1, -0.05) is 70.7 Å². The Hall–Kier alpha value is -2.20. The average Bonchev–Trinajstić information content (AvgIpc) is 3.14. The zero-order valence-corrected chi connectivity index (χ0v) is 17.8. The largest absolute Gasteiger partial charge is 0.464 e. The summed E-state index contributed by atoms with van der Waals surface area (Å²) < 4.78 is 6.34. The second-order valence-electron chi connectivity index (χ2n) is 7.33. The number of ether oxygens (including phenoxy) is 1. The van der Waals surface area contributed by atoms with E-state index in [0.717, 1.165) is 34.6 Å². The molecule has 5 rings (SSSR count). The van der Waals surface area contributed by atoms with E-state index in [2.05, 4.69) is 31.2 Å². The molecule has 2 aliphatic heterocycles. The van der Waals surface area contributed by atoms with Gasteiger partial charge in [0.05, 0.1) is 16.8 Å². The summed E-state index contributed by atoms with van der Waals surface area (Å²) in [4.78, 5) is 0. The molecule has 3 nitrogen and oxygen atoms in total. The Bertz CT molecular complexity index is 1130. The van der Waals surface area contributed by atoms with Gasteiger partial charge in [0.1, 0.15) is 5.75 Å². The first-order valence-corrected chi connectivity index (χ1v) is 10.5. The molecular formula is C23H17Cl3N2O. The molecule has 3 aromatic carbocycles. The molecule has 0 fully saturated rings. The van der Waals surface area contributed by atoms with Crippen LogP contribution in [0.25, 0.3) is 0 Å². The monoisotopic (exact) mass is 442 g/mol. The summed E-state index contributed by atoms with van der Waals surface area (Å²) >= 11 is 18.9. The fourth-order valence-electron chi connectivity index (χ4n) is 3.89. The van der Waals surface area contributed by atoms with Crippen molar-refractivity contribution < 1.29 is 4.74 Å². The summed E-state index contributed by atoms with van der Waals surface area (Å²) in [5, 5.41) is 8.76. The van der Waals surface area contributed by atoms with Crippen LogP contribution < -0.4 is 4.74 Å². The number of fused-ring (bicyclic) bond motifs is 3. The van der Waals surface area contributed by atoms with Gasteiger partial charge in [-0.05, 0) is 42.8 Å². The van der Waals surface area contributed by atoms with Crippen molar-refractivity contribution >= 4 is 40.5 Å². The van der Waals surface area contributed by atoms with Crippen molar-refractivity contribution in [2.75, 3.05) is 0 Å². The summed E-state index contributed by atoms with van der Waals surface area (Å²) in [6.45, 7) is 2.08. The van der Waals surface area contributed by atoms with E-state index < -0.39 is 6.23 Å². The van der Waals surface area contributed by atoms with Crippen LogP contribution in [0.1, 0.15) is 40.9 Å². The van der Waals surface area contributed by atoms with Crippen LogP contribution in [0.5, 0.6) is 5.75 Å². The van der Waals surface area contributed by atoms with Gasteiger partial charge in [0.15, 0.2) is 0 Å². The predicted molar refractivity (Wildman–Crippen MR) is 118 cm³/mol. The number of benzene rings is 3. The minimum Gasteiger partial charge on any atom is -0.464 e. The standard InChI is InChI=1S/C23H17Cl3N2O/c1-13-2-4-14(5-3-13)20-12-21-18-10-15(24)7-9-22(18)29-23(28(21)27-20)17-8-6-16(25)11-19(17)26/h2-11,21,23H,12H2,1H3/t21-,23-/m1/s1. The van der Waals surface area contributed by atoms with E-state index in [9.17, 15) is 0 Å². The second-order valence-corrected chi connectivity index (χ2v) is 8.61. The van der Waals surface area contributed by atoms with E-state index in [4.69, 9.17) is 44.6 Å². The Morgan fingerprint density at radius 1 is 0.897 bits per heavy atom. The molecule has 0 N–H and O–H groups in total. The highest BCUT2D eigenvalue weighted by Gasteiger charge is 2.41. The lowest BCUT2D eigenvalue weighted by atomic mass is 9.95. The van der Waals surface area contributed by atoms with E-state index >= 15 is 0 Å². The Morgan fingerprint density at radius 2 is 1.62 bits per heavy atom. The summed E-state index contributed by atoms with van der Waals surface area (Å²) in [5.74, 6) is 0.798. The summed E-state index contributed by atoms with van der Waals surface area (Å²) in [5.41, 5.74) is 5.20. The van der Waals surface area contributed by atoms with Crippen molar-refractivity contribution in [2.24, 2.45) is 5.10 Å². The third-order valence-electron chi connectivity index (χ3n) is 5.37. The Morgan fingerprint density at radius 3 is 2.38 bits per heavy atom. The lowest BCUT2D eigenvalue weighted by Crippen LogP contribution is -2.33. The molecule has 0 spiro atoms. The zero-order valence-electron chi connectivity index (χ0n) is 15.6. The molecular weight excluding hydrogens is 427 g/mol. The number of rotatable bonds is 2. The lowest BCUT2D eigenvalue weighted by molar-refractivity contribution is -0.0189. The molecule has 0 aliphatic carbocycles. The number of aryl methyl sites for hydroxylation is 1. The molecule has 2 heterocycles. The Balaban J connectivity index is 1.62. The van der Waals surface area contributed by atoms with Crippen molar-refractivity contribution in [2.45, 2.75) is 25.6 Å². The van der Waals surface area contributed by atoms with Crippen molar-refractivity contribution in [3.8, 4) is 5.75 Å². The van der Waals surface area contributed by atoms with Crippen LogP contribution in [0, 0.1) is 6.92 Å². The molecule has 6 heteroatoms. The van der Waals surface area contributed by atoms with Crippen LogP contribution in [0.15, 0.2) is 65.8 Å². The molecule has 0 saturated heterocycles. The van der Waals surface area contributed by atoms with Gasteiger partial charge in [0, 0.05) is 27.6 Å². The van der Waals surface area contributed by atoms with Crippen molar-refractivity contribution in [3.63, 3.8) is 0 Å². The molecule has 0 saturated carbocycles. The van der Waals surface area contributed by atoms with Crippen LogP contribution >= 0.6 is 34.8 Å². The minimum absolute atomic E-state index is 0.0190. The maximum Gasteiger partial charge on any atom is 0.215 e. The van der Waals surface area contributed by atoms with Crippen molar-refractivity contribution in [3.05, 3.63) is 98.0 Å². The maximum atomic E-state index is 6.52. The Labute approximate surface area is 184 Å². The van der Waals surface area contributed by atoms with E-state index in [1.807, 2.05) is 35.3 Å². The fraction of sp³-hybridized carbons (Fsp3) is 0.174. The van der Waals surface area contributed by atoms with Gasteiger partial charge < -0.3 is 4.74 Å². The van der Waals surface area contributed by atoms with E-state index in [0.29, 0.717) is 15.1 Å². The first-order chi connectivity index (χ1) is 14.0. The number of nitrogens with zero attached hydrogens (tertiary/aromatic N) is 2. The number of hydrogen-bond donors (Lipinski definition) is 0. The average molecular weight is 444 g/mol. The third kappa shape index (κ3) is 3.38. The van der Waals surface area contributed by atoms with Crippen LogP contribution in [-0.4, -0.2) is 10.7 Å². The minimum atomic E-state index is -0.443. The highest BCUT2D eigenvalue weighted by atomic mass is 35.5. The molecule has 0 aromatic heterocycles. The summed E-state index contributed by atoms with van der Waals surface area (Å²) in [6, 6.07) is 19.6. The molecule has 2 aliphatic rings. The lowest BCUT2D eigenvalue weighted by Gasteiger charge is -2.38. The van der Waals surface area contributed by atoms with Gasteiger partial charge in [-0.25, -0.2) is 5.01 Å². The van der Waals surface area contributed by atoms with Gasteiger partial charge in [-0.2, -0.15) is 5.10 Å². The molecule has 0 amide bonds. The molecule has 2 atom stereocenters. The molecule has 0 bridgehead atoms. The highest BCUT2D eigenvalue weighted by molar-refractivity contribution is 6.35. The van der Waals surface area contributed by atoms with Gasteiger partial charge in [0.2, 0.25) is 6.23 Å². The van der Waals surface area contributed by atoms with Crippen LogP contribution in [-0.2, 0) is 0 Å². The van der Waals surface area contributed by atoms with Crippen LogP contribution in [0.2, 0.25) is 15.1 Å². The summed E-state index contributed by atoms with van der Waals surface area (Å²) in [7, 11) is 0. The number of hydrogen-bond acceptors (Lipinski definition) is 3. The van der Waals surface area contributed by atoms with E-state index in [1.54, 1.807) is 6.07 Å². The summed E-state index contributed by atoms with van der Waals surface area (Å²) in [6.07, 6.45) is 0.322. The van der Waals surface area contributed by atoms with E-state index in [-0.39, 0.29) is 6.04 Å². The molecule has 29 heavy (non-hydrogen) atoms. The molecule has 3 aromatic rings. The predicted octanol–water partition coefficient (Wildman–Crippen LogP) is 7.20. The second kappa shape index (κ2) is 7.24. The number of halogens is 3. The smallest absolute Gasteiger partial charge is 0.215 e. The quantitative estimate of drug-likeness (QED) is 0.418. The van der Waals surface area contributed by atoms with E-state index in [1.165, 1.54) is 5.56 Å². The van der Waals surface area contributed by atoms with Gasteiger partial charge in [-0.3, -0.25) is 0 Å². The van der Waals surface area contributed by atoms with Gasteiger partial charge in [0.25, 0.3) is 0 Å². The first kappa shape index (κ1) is 18.8. The molecule has 0 unspecified atom stereocenters. The topological polar surface area (TPSA) is 24.8 Å². The number of hydrazone groups is 1. The van der Waals surface area contributed by atoms with Gasteiger partial charge >= 0.3 is 0 Å². The molecule has 0 radical (unpaired) electrons. The first-order valence-electron chi connectivity index (χ1n) is 9.33. The molecule has 146 valence electrons. The van der Waals surface area contributed by atoms with Gasteiger partial charge in [-0.15, -0.1) is 0 Å². The van der Waals surface area contributed by atoms with Crippen LogP contribution in [0.3, 0.4) is 0 Å². The Kier molecular flexibility index (Phi) is 4.70. The maximum absolute atomic E-state index is 6.52. The normalized spacial score (nSPS) is 20.0. The highest BCUT2D eigenvalue weighted by Crippen LogP contribution is 2.49. The van der Waals surface area contributed by atoms with Crippen molar-refractivity contribution in [1.29, 1.82) is 0 Å². The zero-order chi connectivity index (χ0) is 20.1. The SMILES string of the molecule is Cc1ccc(C2=NN3[C@H](C2)c2cc(Cl)ccc2O[C@@H]3c2ccc(Cl)cc2Cl)cc1. The van der Waals surface area contributed by atoms with Crippen molar-refractivity contribution in [1.82, 2.24) is 5.01 Å². The third-order valence-corrected chi connectivity index (χ3v) is 6.16.